The van der Waals surface area contributed by atoms with Crippen LogP contribution < -0.4 is 0 Å². The molecule has 0 spiro atoms. The molecule has 106 valence electrons. The van der Waals surface area contributed by atoms with Crippen molar-refractivity contribution in [2.45, 2.75) is 11.9 Å². The number of hydrogen-bond donors (Lipinski definition) is 0. The summed E-state index contributed by atoms with van der Waals surface area (Å²) in [7, 11) is 1.72. The molecule has 1 unspecified atom stereocenters. The van der Waals surface area contributed by atoms with Gasteiger partial charge in [-0.2, -0.15) is 5.26 Å². The van der Waals surface area contributed by atoms with Crippen LogP contribution in [0, 0.1) is 11.3 Å². The van der Waals surface area contributed by atoms with Crippen LogP contribution in [0.5, 0.6) is 0 Å². The van der Waals surface area contributed by atoms with E-state index in [1.165, 1.54) is 0 Å². The van der Waals surface area contributed by atoms with Crippen molar-refractivity contribution in [2.24, 2.45) is 0 Å². The Bertz CT molecular complexity index is 647. The predicted octanol–water partition coefficient (Wildman–Crippen LogP) is 3.50. The highest BCUT2D eigenvalue weighted by molar-refractivity contribution is 6.30. The van der Waals surface area contributed by atoms with Crippen LogP contribution in [0.1, 0.15) is 22.1 Å². The van der Waals surface area contributed by atoms with Gasteiger partial charge in [0.1, 0.15) is 5.38 Å². The minimum atomic E-state index is -0.686. The zero-order valence-corrected chi connectivity index (χ0v) is 12.4. The number of amides is 1. The molecule has 0 fully saturated rings. The number of likely N-dealkylation sites (N-methyl/N-ethyl adjacent to an activating group) is 1. The summed E-state index contributed by atoms with van der Waals surface area (Å²) in [5, 5.41) is 8.08. The van der Waals surface area contributed by atoms with Gasteiger partial charge in [0, 0.05) is 13.6 Å². The van der Waals surface area contributed by atoms with Gasteiger partial charge >= 0.3 is 0 Å². The lowest BCUT2D eigenvalue weighted by Gasteiger charge is -2.20. The van der Waals surface area contributed by atoms with E-state index < -0.39 is 5.38 Å². The van der Waals surface area contributed by atoms with Gasteiger partial charge in [0.2, 0.25) is 5.91 Å². The minimum Gasteiger partial charge on any atom is -0.340 e. The van der Waals surface area contributed by atoms with Crippen molar-refractivity contribution in [1.82, 2.24) is 4.90 Å². The number of hydrogen-bond acceptors (Lipinski definition) is 2. The van der Waals surface area contributed by atoms with Crippen molar-refractivity contribution in [2.75, 3.05) is 7.05 Å². The summed E-state index contributed by atoms with van der Waals surface area (Å²) >= 11 is 6.23. The molecule has 0 saturated heterocycles. The van der Waals surface area contributed by atoms with Crippen LogP contribution in [-0.4, -0.2) is 17.9 Å². The van der Waals surface area contributed by atoms with E-state index in [-0.39, 0.29) is 5.91 Å². The Morgan fingerprint density at radius 1 is 1.19 bits per heavy atom. The first-order valence-corrected chi connectivity index (χ1v) is 6.98. The van der Waals surface area contributed by atoms with Crippen molar-refractivity contribution >= 4 is 17.5 Å². The van der Waals surface area contributed by atoms with Gasteiger partial charge in [0.15, 0.2) is 0 Å². The standard InChI is InChI=1S/C17H15ClN2O/c1-20(12-14-9-7-13(11-19)8-10-14)17(21)16(18)15-5-3-2-4-6-15/h2-10,16H,12H2,1H3. The lowest BCUT2D eigenvalue weighted by molar-refractivity contribution is -0.130. The second-order valence-electron chi connectivity index (χ2n) is 4.78. The number of carbonyl (C=O) groups is 1. The smallest absolute Gasteiger partial charge is 0.245 e. The highest BCUT2D eigenvalue weighted by atomic mass is 35.5. The van der Waals surface area contributed by atoms with Crippen molar-refractivity contribution in [3.05, 3.63) is 71.3 Å². The number of rotatable bonds is 4. The fourth-order valence-corrected chi connectivity index (χ4v) is 2.31. The van der Waals surface area contributed by atoms with Crippen LogP contribution in [0.3, 0.4) is 0 Å². The van der Waals surface area contributed by atoms with Gasteiger partial charge in [-0.15, -0.1) is 11.6 Å². The Hall–Kier alpha value is -2.31. The van der Waals surface area contributed by atoms with Crippen LogP contribution in [0.15, 0.2) is 54.6 Å². The van der Waals surface area contributed by atoms with Crippen molar-refractivity contribution in [1.29, 1.82) is 5.26 Å². The highest BCUT2D eigenvalue weighted by Crippen LogP contribution is 2.23. The molecule has 0 aliphatic carbocycles. The van der Waals surface area contributed by atoms with Crippen molar-refractivity contribution in [3.63, 3.8) is 0 Å². The summed E-state index contributed by atoms with van der Waals surface area (Å²) in [5.74, 6) is -0.146. The average molecular weight is 299 g/mol. The van der Waals surface area contributed by atoms with Crippen LogP contribution in [-0.2, 0) is 11.3 Å². The molecule has 4 heteroatoms. The fraction of sp³-hybridized carbons (Fsp3) is 0.176. The summed E-state index contributed by atoms with van der Waals surface area (Å²) in [5.41, 5.74) is 2.35. The zero-order valence-electron chi connectivity index (χ0n) is 11.7. The van der Waals surface area contributed by atoms with E-state index in [4.69, 9.17) is 16.9 Å². The number of alkyl halides is 1. The summed E-state index contributed by atoms with van der Waals surface area (Å²) in [6, 6.07) is 18.5. The number of nitriles is 1. The zero-order chi connectivity index (χ0) is 15.2. The fourth-order valence-electron chi connectivity index (χ4n) is 1.99. The Morgan fingerprint density at radius 3 is 2.38 bits per heavy atom. The molecular weight excluding hydrogens is 284 g/mol. The first-order chi connectivity index (χ1) is 10.1. The van der Waals surface area contributed by atoms with Gasteiger partial charge in [-0.25, -0.2) is 0 Å². The number of carbonyl (C=O) groups excluding carboxylic acids is 1. The van der Waals surface area contributed by atoms with Gasteiger partial charge in [-0.1, -0.05) is 42.5 Å². The lowest BCUT2D eigenvalue weighted by Crippen LogP contribution is -2.29. The van der Waals surface area contributed by atoms with Crippen molar-refractivity contribution in [3.8, 4) is 6.07 Å². The van der Waals surface area contributed by atoms with Gasteiger partial charge < -0.3 is 4.90 Å². The molecule has 0 aromatic heterocycles. The molecule has 0 bridgehead atoms. The van der Waals surface area contributed by atoms with Gasteiger partial charge in [0.25, 0.3) is 0 Å². The normalized spacial score (nSPS) is 11.5. The molecular formula is C17H15ClN2O. The first-order valence-electron chi connectivity index (χ1n) is 6.55. The number of benzene rings is 2. The Balaban J connectivity index is 2.03. The second-order valence-corrected chi connectivity index (χ2v) is 5.21. The van der Waals surface area contributed by atoms with Crippen LogP contribution in [0.4, 0.5) is 0 Å². The monoisotopic (exact) mass is 298 g/mol. The van der Waals surface area contributed by atoms with Gasteiger partial charge in [0.05, 0.1) is 11.6 Å². The van der Waals surface area contributed by atoms with E-state index in [1.807, 2.05) is 42.5 Å². The molecule has 0 saturated carbocycles. The number of halogens is 1. The Kier molecular flexibility index (Phi) is 4.97. The summed E-state index contributed by atoms with van der Waals surface area (Å²) < 4.78 is 0. The van der Waals surface area contributed by atoms with Gasteiger partial charge in [-0.3, -0.25) is 4.79 Å². The topological polar surface area (TPSA) is 44.1 Å². The summed E-state index contributed by atoms with van der Waals surface area (Å²) in [6.07, 6.45) is 0. The molecule has 3 nitrogen and oxygen atoms in total. The first kappa shape index (κ1) is 15.1. The van der Waals surface area contributed by atoms with E-state index in [0.717, 1.165) is 11.1 Å². The molecule has 0 N–H and O–H groups in total. The third kappa shape index (κ3) is 3.84. The maximum atomic E-state index is 12.3. The average Bonchev–Trinajstić information content (AvgIpc) is 2.55. The molecule has 0 heterocycles. The quantitative estimate of drug-likeness (QED) is 0.811. The summed E-state index contributed by atoms with van der Waals surface area (Å²) in [4.78, 5) is 13.9. The van der Waals surface area contributed by atoms with Gasteiger partial charge in [-0.05, 0) is 23.3 Å². The molecule has 2 rings (SSSR count). The minimum absolute atomic E-state index is 0.146. The Morgan fingerprint density at radius 2 is 1.81 bits per heavy atom. The molecule has 1 amide bonds. The molecule has 2 aromatic rings. The maximum absolute atomic E-state index is 12.3. The molecule has 21 heavy (non-hydrogen) atoms. The third-order valence-corrected chi connectivity index (χ3v) is 3.63. The number of nitrogens with zero attached hydrogens (tertiary/aromatic N) is 2. The van der Waals surface area contributed by atoms with E-state index in [0.29, 0.717) is 12.1 Å². The lowest BCUT2D eigenvalue weighted by atomic mass is 10.1. The van der Waals surface area contributed by atoms with E-state index in [2.05, 4.69) is 6.07 Å². The predicted molar refractivity (Wildman–Crippen MR) is 82.7 cm³/mol. The largest absolute Gasteiger partial charge is 0.340 e. The Labute approximate surface area is 129 Å². The maximum Gasteiger partial charge on any atom is 0.245 e. The molecule has 0 radical (unpaired) electrons. The summed E-state index contributed by atoms with van der Waals surface area (Å²) in [6.45, 7) is 0.459. The molecule has 0 aliphatic rings. The molecule has 2 aromatic carbocycles. The molecule has 1 atom stereocenters. The van der Waals surface area contributed by atoms with Crippen LogP contribution >= 0.6 is 11.6 Å². The van der Waals surface area contributed by atoms with E-state index in [1.54, 1.807) is 24.1 Å². The van der Waals surface area contributed by atoms with E-state index in [9.17, 15) is 4.79 Å². The highest BCUT2D eigenvalue weighted by Gasteiger charge is 2.21. The molecule has 0 aliphatic heterocycles. The van der Waals surface area contributed by atoms with Crippen LogP contribution in [0.25, 0.3) is 0 Å². The second kappa shape index (κ2) is 6.92. The van der Waals surface area contributed by atoms with Crippen LogP contribution in [0.2, 0.25) is 0 Å². The van der Waals surface area contributed by atoms with E-state index >= 15 is 0 Å². The SMILES string of the molecule is CN(Cc1ccc(C#N)cc1)C(=O)C(Cl)c1ccccc1. The van der Waals surface area contributed by atoms with Crippen molar-refractivity contribution < 1.29 is 4.79 Å². The third-order valence-electron chi connectivity index (χ3n) is 3.19.